The highest BCUT2D eigenvalue weighted by Gasteiger charge is 2.16. The Balaban J connectivity index is 1.65. The Hall–Kier alpha value is -3.47. The fourth-order valence-corrected chi connectivity index (χ4v) is 2.86. The van der Waals surface area contributed by atoms with Gasteiger partial charge in [0.05, 0.1) is 0 Å². The smallest absolute Gasteiger partial charge is 0.258 e. The summed E-state index contributed by atoms with van der Waals surface area (Å²) in [6, 6.07) is 22.0. The van der Waals surface area contributed by atoms with Crippen LogP contribution in [0.25, 0.3) is 0 Å². The minimum atomic E-state index is -0.313. The van der Waals surface area contributed by atoms with Gasteiger partial charge in [-0.25, -0.2) is 4.39 Å². The van der Waals surface area contributed by atoms with Gasteiger partial charge in [-0.1, -0.05) is 30.3 Å². The number of carbonyl (C=O) groups excluding carboxylic acids is 2. The number of anilines is 1. The summed E-state index contributed by atoms with van der Waals surface area (Å²) in [5.41, 5.74) is 2.61. The quantitative estimate of drug-likeness (QED) is 0.692. The van der Waals surface area contributed by atoms with Gasteiger partial charge >= 0.3 is 0 Å². The molecule has 3 rings (SSSR count). The van der Waals surface area contributed by atoms with E-state index >= 15 is 0 Å². The Morgan fingerprint density at radius 2 is 1.46 bits per heavy atom. The molecule has 0 saturated carbocycles. The van der Waals surface area contributed by atoms with E-state index in [0.29, 0.717) is 24.2 Å². The summed E-state index contributed by atoms with van der Waals surface area (Å²) in [5.74, 6) is -0.683. The molecule has 0 radical (unpaired) electrons. The molecular weight excluding hydrogens is 355 g/mol. The molecule has 4 nitrogen and oxygen atoms in total. The molecule has 0 aliphatic rings. The molecule has 0 fully saturated rings. The second-order valence-corrected chi connectivity index (χ2v) is 6.27. The van der Waals surface area contributed by atoms with Crippen molar-refractivity contribution in [3.05, 3.63) is 101 Å². The van der Waals surface area contributed by atoms with Crippen LogP contribution in [-0.4, -0.2) is 18.4 Å². The third-order valence-electron chi connectivity index (χ3n) is 4.39. The first-order chi connectivity index (χ1) is 13.6. The van der Waals surface area contributed by atoms with Crippen LogP contribution in [0, 0.1) is 5.82 Å². The van der Waals surface area contributed by atoms with Crippen molar-refractivity contribution in [3.8, 4) is 0 Å². The number of nitrogens with one attached hydrogen (secondary N) is 1. The molecular formula is C23H21FN2O2. The molecule has 142 valence electrons. The molecule has 5 heteroatoms. The lowest BCUT2D eigenvalue weighted by Gasteiger charge is -2.21. The van der Waals surface area contributed by atoms with Crippen molar-refractivity contribution in [2.75, 3.05) is 11.4 Å². The molecule has 0 aliphatic heterocycles. The van der Waals surface area contributed by atoms with E-state index in [4.69, 9.17) is 0 Å². The zero-order chi connectivity index (χ0) is 19.9. The molecule has 0 unspecified atom stereocenters. The van der Waals surface area contributed by atoms with E-state index in [1.165, 1.54) is 12.1 Å². The van der Waals surface area contributed by atoms with Crippen molar-refractivity contribution >= 4 is 17.5 Å². The molecule has 0 aliphatic carbocycles. The van der Waals surface area contributed by atoms with Gasteiger partial charge in [0.25, 0.3) is 11.8 Å². The summed E-state index contributed by atoms with van der Waals surface area (Å²) < 4.78 is 12.9. The minimum Gasteiger partial charge on any atom is -0.348 e. The summed E-state index contributed by atoms with van der Waals surface area (Å²) in [5, 5.41) is 2.79. The zero-order valence-corrected chi connectivity index (χ0v) is 15.6. The summed E-state index contributed by atoms with van der Waals surface area (Å²) in [6.45, 7) is 2.77. The van der Waals surface area contributed by atoms with Crippen molar-refractivity contribution in [2.24, 2.45) is 0 Å². The number of rotatable bonds is 6. The lowest BCUT2D eigenvalue weighted by Crippen LogP contribution is -2.30. The number of benzene rings is 3. The fraction of sp³-hybridized carbons (Fsp3) is 0.130. The summed E-state index contributed by atoms with van der Waals surface area (Å²) in [7, 11) is 0. The number of carbonyl (C=O) groups is 2. The molecule has 1 N–H and O–H groups in total. The van der Waals surface area contributed by atoms with Crippen molar-refractivity contribution in [2.45, 2.75) is 13.5 Å². The van der Waals surface area contributed by atoms with Crippen molar-refractivity contribution in [1.29, 1.82) is 0 Å². The molecule has 0 bridgehead atoms. The molecule has 3 aromatic carbocycles. The van der Waals surface area contributed by atoms with Gasteiger partial charge in [0, 0.05) is 29.9 Å². The van der Waals surface area contributed by atoms with Crippen molar-refractivity contribution in [1.82, 2.24) is 5.32 Å². The first-order valence-corrected chi connectivity index (χ1v) is 9.08. The normalized spacial score (nSPS) is 10.4. The maximum Gasteiger partial charge on any atom is 0.258 e. The summed E-state index contributed by atoms with van der Waals surface area (Å²) in [6.07, 6.45) is 0. The predicted octanol–water partition coefficient (Wildman–Crippen LogP) is 4.42. The SMILES string of the molecule is CCN(C(=O)c1ccc(C(=O)NCc2ccc(F)cc2)cc1)c1ccccc1. The third kappa shape index (κ3) is 4.62. The molecule has 28 heavy (non-hydrogen) atoms. The van der Waals surface area contributed by atoms with E-state index in [0.717, 1.165) is 11.3 Å². The lowest BCUT2D eigenvalue weighted by molar-refractivity contribution is 0.0947. The van der Waals surface area contributed by atoms with E-state index in [1.54, 1.807) is 41.3 Å². The Kier molecular flexibility index (Phi) is 6.17. The highest BCUT2D eigenvalue weighted by Crippen LogP contribution is 2.17. The van der Waals surface area contributed by atoms with Crippen LogP contribution in [0.1, 0.15) is 33.2 Å². The topological polar surface area (TPSA) is 49.4 Å². The standard InChI is InChI=1S/C23H21FN2O2/c1-2-26(21-6-4-3-5-7-21)23(28)19-12-10-18(11-13-19)22(27)25-16-17-8-14-20(24)15-9-17/h3-15H,2,16H2,1H3,(H,25,27). The van der Waals surface area contributed by atoms with Gasteiger partial charge in [-0.2, -0.15) is 0 Å². The number of nitrogens with zero attached hydrogens (tertiary/aromatic N) is 1. The number of halogens is 1. The van der Waals surface area contributed by atoms with Crippen LogP contribution in [-0.2, 0) is 6.54 Å². The van der Waals surface area contributed by atoms with Crippen LogP contribution in [0.5, 0.6) is 0 Å². The monoisotopic (exact) mass is 376 g/mol. The molecule has 2 amide bonds. The number of amides is 2. The Labute approximate surface area is 163 Å². The van der Waals surface area contributed by atoms with E-state index in [9.17, 15) is 14.0 Å². The van der Waals surface area contributed by atoms with E-state index in [-0.39, 0.29) is 17.6 Å². The van der Waals surface area contributed by atoms with Crippen molar-refractivity contribution < 1.29 is 14.0 Å². The summed E-state index contributed by atoms with van der Waals surface area (Å²) in [4.78, 5) is 26.8. The minimum absolute atomic E-state index is 0.119. The first kappa shape index (κ1) is 19.3. The molecule has 3 aromatic rings. The van der Waals surface area contributed by atoms with Gasteiger partial charge in [0.2, 0.25) is 0 Å². The largest absolute Gasteiger partial charge is 0.348 e. The second-order valence-electron chi connectivity index (χ2n) is 6.27. The molecule has 0 saturated heterocycles. The van der Waals surface area contributed by atoms with Crippen molar-refractivity contribution in [3.63, 3.8) is 0 Å². The lowest BCUT2D eigenvalue weighted by atomic mass is 10.1. The van der Waals surface area contributed by atoms with Crippen LogP contribution in [0.2, 0.25) is 0 Å². The molecule has 0 atom stereocenters. The van der Waals surface area contributed by atoms with Gasteiger partial charge in [-0.3, -0.25) is 9.59 Å². The number of hydrogen-bond acceptors (Lipinski definition) is 2. The second kappa shape index (κ2) is 8.95. The highest BCUT2D eigenvalue weighted by atomic mass is 19.1. The van der Waals surface area contributed by atoms with Crippen LogP contribution >= 0.6 is 0 Å². The first-order valence-electron chi connectivity index (χ1n) is 9.08. The summed E-state index contributed by atoms with van der Waals surface area (Å²) >= 11 is 0. The molecule has 0 heterocycles. The van der Waals surface area contributed by atoms with Crippen LogP contribution in [0.4, 0.5) is 10.1 Å². The maximum atomic E-state index is 12.9. The van der Waals surface area contributed by atoms with E-state index in [1.807, 2.05) is 37.3 Å². The van der Waals surface area contributed by atoms with Crippen LogP contribution in [0.15, 0.2) is 78.9 Å². The van der Waals surface area contributed by atoms with E-state index < -0.39 is 0 Å². The van der Waals surface area contributed by atoms with Crippen LogP contribution < -0.4 is 10.2 Å². The fourth-order valence-electron chi connectivity index (χ4n) is 2.86. The Morgan fingerprint density at radius 3 is 2.07 bits per heavy atom. The highest BCUT2D eigenvalue weighted by molar-refractivity contribution is 6.06. The molecule has 0 spiro atoms. The Bertz CT molecular complexity index is 939. The zero-order valence-electron chi connectivity index (χ0n) is 15.6. The number of hydrogen-bond donors (Lipinski definition) is 1. The van der Waals surface area contributed by atoms with E-state index in [2.05, 4.69) is 5.32 Å². The van der Waals surface area contributed by atoms with Gasteiger partial charge in [0.1, 0.15) is 5.82 Å². The van der Waals surface area contributed by atoms with Gasteiger partial charge in [0.15, 0.2) is 0 Å². The van der Waals surface area contributed by atoms with Gasteiger partial charge < -0.3 is 10.2 Å². The van der Waals surface area contributed by atoms with Gasteiger partial charge in [-0.05, 0) is 61.0 Å². The number of para-hydroxylation sites is 1. The average Bonchev–Trinajstić information content (AvgIpc) is 2.74. The van der Waals surface area contributed by atoms with Gasteiger partial charge in [-0.15, -0.1) is 0 Å². The molecule has 0 aromatic heterocycles. The Morgan fingerprint density at radius 1 is 0.857 bits per heavy atom. The van der Waals surface area contributed by atoms with Crippen LogP contribution in [0.3, 0.4) is 0 Å². The predicted molar refractivity (Wildman–Crippen MR) is 108 cm³/mol. The average molecular weight is 376 g/mol. The maximum absolute atomic E-state index is 12.9. The third-order valence-corrected chi connectivity index (χ3v) is 4.39.